The fourth-order valence-electron chi connectivity index (χ4n) is 4.88. The van der Waals surface area contributed by atoms with Gasteiger partial charge in [0.25, 0.3) is 0 Å². The zero-order chi connectivity index (χ0) is 26.0. The van der Waals surface area contributed by atoms with E-state index in [1.54, 1.807) is 0 Å². The monoisotopic (exact) mass is 597 g/mol. The van der Waals surface area contributed by atoms with Crippen LogP contribution in [0.15, 0.2) is 58.3 Å². The van der Waals surface area contributed by atoms with Gasteiger partial charge in [0.2, 0.25) is 0 Å². The zero-order valence-electron chi connectivity index (χ0n) is 22.2. The van der Waals surface area contributed by atoms with Crippen LogP contribution in [-0.4, -0.2) is 44.9 Å². The molecule has 0 aliphatic heterocycles. The Morgan fingerprint density at radius 3 is 2.62 bits per heavy atom. The van der Waals surface area contributed by atoms with Gasteiger partial charge in [0.05, 0.1) is 17.9 Å². The molecule has 0 N–H and O–H groups in total. The van der Waals surface area contributed by atoms with Gasteiger partial charge in [-0.15, -0.1) is 11.8 Å². The Morgan fingerprint density at radius 1 is 1.08 bits per heavy atom. The average Bonchev–Trinajstić information content (AvgIpc) is 3.51. The fraction of sp³-hybridized carbons (Fsp3) is 0.464. The minimum atomic E-state index is -1.16. The van der Waals surface area contributed by atoms with Crippen LogP contribution < -0.4 is 4.84 Å². The molecule has 0 bridgehead atoms. The van der Waals surface area contributed by atoms with E-state index < -0.39 is 8.07 Å². The van der Waals surface area contributed by atoms with Crippen molar-refractivity contribution in [3.05, 3.63) is 59.2 Å². The summed E-state index contributed by atoms with van der Waals surface area (Å²) < 4.78 is 5.17. The van der Waals surface area contributed by atoms with Crippen molar-refractivity contribution in [3.63, 3.8) is 0 Å². The lowest BCUT2D eigenvalue weighted by Gasteiger charge is -2.28. The third-order valence-corrected chi connectivity index (χ3v) is 11.0. The van der Waals surface area contributed by atoms with Crippen molar-refractivity contribution in [1.29, 1.82) is 0 Å². The zero-order valence-corrected chi connectivity index (χ0v) is 25.6. The van der Waals surface area contributed by atoms with Gasteiger partial charge >= 0.3 is 0 Å². The van der Waals surface area contributed by atoms with Crippen LogP contribution in [0.5, 0.6) is 0 Å². The molecule has 6 nitrogen and oxygen atoms in total. The molecule has 4 aromatic rings. The first-order chi connectivity index (χ1) is 17.8. The summed E-state index contributed by atoms with van der Waals surface area (Å²) in [6.45, 7) is 9.74. The number of fused-ring (bicyclic) bond motifs is 1. The number of hydrogen-bond donors (Lipinski definition) is 0. The van der Waals surface area contributed by atoms with E-state index in [-0.39, 0.29) is 0 Å². The molecule has 1 aliphatic rings. The predicted molar refractivity (Wildman–Crippen MR) is 159 cm³/mol. The summed E-state index contributed by atoms with van der Waals surface area (Å²) in [5, 5.41) is 5.78. The second-order valence-corrected chi connectivity index (χ2v) is 18.8. The number of benzene rings is 1. The molecule has 9 heteroatoms. The summed E-state index contributed by atoms with van der Waals surface area (Å²) in [4.78, 5) is 16.9. The van der Waals surface area contributed by atoms with E-state index in [2.05, 4.69) is 76.8 Å². The summed E-state index contributed by atoms with van der Waals surface area (Å²) >= 11 is 5.64. The molecule has 0 radical (unpaired) electrons. The number of hydrogen-bond acceptors (Lipinski definition) is 5. The topological polar surface area (TPSA) is 57.8 Å². The summed E-state index contributed by atoms with van der Waals surface area (Å²) in [6.07, 6.45) is 10.9. The van der Waals surface area contributed by atoms with Gasteiger partial charge in [-0.1, -0.05) is 31.8 Å². The number of aromatic nitrogens is 5. The third kappa shape index (κ3) is 6.49. The van der Waals surface area contributed by atoms with Crippen LogP contribution in [-0.2, 0) is 0 Å². The van der Waals surface area contributed by atoms with Crippen molar-refractivity contribution in [1.82, 2.24) is 24.5 Å². The Hall–Kier alpha value is -2.10. The number of aryl methyl sites for hydroxylation is 1. The van der Waals surface area contributed by atoms with Gasteiger partial charge in [0, 0.05) is 46.5 Å². The van der Waals surface area contributed by atoms with E-state index in [0.717, 1.165) is 40.1 Å². The van der Waals surface area contributed by atoms with Crippen molar-refractivity contribution in [2.45, 2.75) is 69.2 Å². The lowest BCUT2D eigenvalue weighted by molar-refractivity contribution is 0.130. The van der Waals surface area contributed by atoms with Gasteiger partial charge in [0.1, 0.15) is 12.4 Å². The van der Waals surface area contributed by atoms with Crippen LogP contribution in [0, 0.1) is 12.8 Å². The second kappa shape index (κ2) is 11.3. The quantitative estimate of drug-likeness (QED) is 0.146. The molecule has 37 heavy (non-hydrogen) atoms. The maximum atomic E-state index is 6.08. The van der Waals surface area contributed by atoms with Gasteiger partial charge < -0.3 is 4.84 Å². The molecule has 3 heterocycles. The van der Waals surface area contributed by atoms with E-state index in [1.807, 2.05) is 35.8 Å². The lowest BCUT2D eigenvalue weighted by Crippen LogP contribution is -2.25. The normalized spacial score (nSPS) is 18.4. The molecule has 0 spiro atoms. The van der Waals surface area contributed by atoms with Crippen LogP contribution in [0.25, 0.3) is 22.3 Å². The van der Waals surface area contributed by atoms with Crippen molar-refractivity contribution >= 4 is 46.8 Å². The Kier molecular flexibility index (Phi) is 8.12. The van der Waals surface area contributed by atoms with E-state index in [4.69, 9.17) is 19.9 Å². The Balaban J connectivity index is 1.24. The fourth-order valence-corrected chi connectivity index (χ4v) is 7.34. The molecule has 0 saturated heterocycles. The number of halogens is 1. The molecular weight excluding hydrogens is 562 g/mol. The Morgan fingerprint density at radius 2 is 1.86 bits per heavy atom. The van der Waals surface area contributed by atoms with E-state index in [1.165, 1.54) is 40.8 Å². The third-order valence-electron chi connectivity index (χ3n) is 7.08. The molecule has 1 saturated carbocycles. The first-order valence-corrected chi connectivity index (χ1v) is 18.7. The van der Waals surface area contributed by atoms with Crippen LogP contribution >= 0.6 is 27.7 Å². The molecule has 1 fully saturated rings. The highest BCUT2D eigenvalue weighted by atomic mass is 79.9. The highest BCUT2D eigenvalue weighted by molar-refractivity contribution is 9.10. The van der Waals surface area contributed by atoms with Gasteiger partial charge in [-0.05, 0) is 78.7 Å². The van der Waals surface area contributed by atoms with Gasteiger partial charge in [-0.25, -0.2) is 9.97 Å². The highest BCUT2D eigenvalue weighted by Gasteiger charge is 2.24. The van der Waals surface area contributed by atoms with Crippen LogP contribution in [0.3, 0.4) is 0 Å². The molecular formula is C28H36BrN5OSSi. The second-order valence-electron chi connectivity index (χ2n) is 11.3. The van der Waals surface area contributed by atoms with Crippen LogP contribution in [0.4, 0.5) is 0 Å². The molecule has 0 unspecified atom stereocenters. The number of nitrogens with zero attached hydrogens (tertiary/aromatic N) is 5. The summed E-state index contributed by atoms with van der Waals surface area (Å²) in [7, 11) is -1.16. The first-order valence-electron chi connectivity index (χ1n) is 13.2. The predicted octanol–water partition coefficient (Wildman–Crippen LogP) is 7.66. The standard InChI is InChI=1S/C28H36BrN5OSSi/c1-20-31-27(24-13-14-34(28(24)32-20)35-15-16-37(2,3)4)22-17-30-33(18-22)23-11-9-21(10-12-23)19-36-26-8-6-5-7-25(26)29/h5-8,13-14,17-18,21,23H,9-12,15-16,19H2,1-4H3. The van der Waals surface area contributed by atoms with Gasteiger partial charge in [-0.2, -0.15) is 9.83 Å². The molecule has 0 amide bonds. The van der Waals surface area contributed by atoms with E-state index in [9.17, 15) is 0 Å². The van der Waals surface area contributed by atoms with Crippen molar-refractivity contribution in [2.24, 2.45) is 5.92 Å². The Bertz CT molecular complexity index is 1360. The minimum Gasteiger partial charge on any atom is -0.413 e. The minimum absolute atomic E-state index is 0.450. The smallest absolute Gasteiger partial charge is 0.179 e. The maximum Gasteiger partial charge on any atom is 0.179 e. The lowest BCUT2D eigenvalue weighted by atomic mass is 9.87. The molecule has 1 aliphatic carbocycles. The van der Waals surface area contributed by atoms with Crippen molar-refractivity contribution in [2.75, 3.05) is 12.4 Å². The molecule has 1 aromatic carbocycles. The van der Waals surface area contributed by atoms with Gasteiger partial charge in [-0.3, -0.25) is 4.68 Å². The maximum absolute atomic E-state index is 6.08. The number of thioether (sulfide) groups is 1. The summed E-state index contributed by atoms with van der Waals surface area (Å²) in [5.41, 5.74) is 2.80. The highest BCUT2D eigenvalue weighted by Crippen LogP contribution is 2.37. The number of rotatable bonds is 9. The van der Waals surface area contributed by atoms with E-state index >= 15 is 0 Å². The van der Waals surface area contributed by atoms with Crippen molar-refractivity contribution in [3.8, 4) is 11.3 Å². The molecule has 196 valence electrons. The summed E-state index contributed by atoms with van der Waals surface area (Å²) in [6, 6.07) is 12.1. The molecule has 5 rings (SSSR count). The first kappa shape index (κ1) is 26.5. The van der Waals surface area contributed by atoms with Crippen LogP contribution in [0.2, 0.25) is 25.7 Å². The molecule has 0 atom stereocenters. The summed E-state index contributed by atoms with van der Waals surface area (Å²) in [5.74, 6) is 2.68. The van der Waals surface area contributed by atoms with E-state index in [0.29, 0.717) is 12.6 Å². The largest absolute Gasteiger partial charge is 0.413 e. The van der Waals surface area contributed by atoms with Crippen LogP contribution in [0.1, 0.15) is 37.5 Å². The molecule has 3 aromatic heterocycles. The van der Waals surface area contributed by atoms with Gasteiger partial charge in [0.15, 0.2) is 5.65 Å². The van der Waals surface area contributed by atoms with Crippen molar-refractivity contribution < 1.29 is 4.84 Å². The SMILES string of the molecule is Cc1nc(-c2cnn(C3CCC(CSc4ccccc4Br)CC3)c2)c2ccn(OCC[Si](C)(C)C)c2n1. The Labute approximate surface area is 233 Å². The average molecular weight is 599 g/mol.